The molecular formula is C11H17NS. The molecule has 2 heteroatoms. The van der Waals surface area contributed by atoms with E-state index in [1.807, 2.05) is 0 Å². The second-order valence-corrected chi connectivity index (χ2v) is 3.53. The van der Waals surface area contributed by atoms with Gasteiger partial charge in [-0.3, -0.25) is 4.90 Å². The molecule has 0 bridgehead atoms. The molecule has 0 atom stereocenters. The van der Waals surface area contributed by atoms with Crippen LogP contribution >= 0.6 is 12.6 Å². The third-order valence-corrected chi connectivity index (χ3v) is 2.31. The van der Waals surface area contributed by atoms with Gasteiger partial charge in [-0.2, -0.15) is 12.6 Å². The minimum absolute atomic E-state index is 0.931. The quantitative estimate of drug-likeness (QED) is 0.706. The molecule has 0 unspecified atom stereocenters. The van der Waals surface area contributed by atoms with Crippen molar-refractivity contribution >= 4 is 12.6 Å². The van der Waals surface area contributed by atoms with Crippen LogP contribution in [0.3, 0.4) is 0 Å². The molecule has 1 rings (SSSR count). The van der Waals surface area contributed by atoms with Crippen LogP contribution in [0.15, 0.2) is 30.3 Å². The lowest BCUT2D eigenvalue weighted by Crippen LogP contribution is -2.24. The zero-order valence-electron chi connectivity index (χ0n) is 8.11. The molecule has 1 aromatic rings. The Kier molecular flexibility index (Phi) is 4.94. The SMILES string of the molecule is CCN(CCS)Cc1ccccc1. The molecule has 0 aromatic heterocycles. The zero-order chi connectivity index (χ0) is 9.52. The second-order valence-electron chi connectivity index (χ2n) is 3.08. The maximum atomic E-state index is 4.24. The normalized spacial score (nSPS) is 10.7. The van der Waals surface area contributed by atoms with E-state index < -0.39 is 0 Å². The maximum absolute atomic E-state index is 4.24. The topological polar surface area (TPSA) is 3.24 Å². The van der Waals surface area contributed by atoms with E-state index >= 15 is 0 Å². The van der Waals surface area contributed by atoms with Gasteiger partial charge in [0, 0.05) is 18.8 Å². The Balaban J connectivity index is 2.46. The van der Waals surface area contributed by atoms with Crippen molar-refractivity contribution in [2.75, 3.05) is 18.8 Å². The van der Waals surface area contributed by atoms with Gasteiger partial charge in [0.15, 0.2) is 0 Å². The van der Waals surface area contributed by atoms with Gasteiger partial charge in [0.05, 0.1) is 0 Å². The van der Waals surface area contributed by atoms with Gasteiger partial charge in [-0.1, -0.05) is 37.3 Å². The summed E-state index contributed by atoms with van der Waals surface area (Å²) in [5, 5.41) is 0. The van der Waals surface area contributed by atoms with Crippen molar-refractivity contribution in [3.8, 4) is 0 Å². The van der Waals surface area contributed by atoms with E-state index in [0.29, 0.717) is 0 Å². The third kappa shape index (κ3) is 3.83. The Bertz CT molecular complexity index is 223. The molecular weight excluding hydrogens is 178 g/mol. The Morgan fingerprint density at radius 2 is 1.92 bits per heavy atom. The van der Waals surface area contributed by atoms with Crippen LogP contribution in [0.4, 0.5) is 0 Å². The largest absolute Gasteiger partial charge is 0.299 e. The molecule has 0 aliphatic heterocycles. The molecule has 1 nitrogen and oxygen atoms in total. The van der Waals surface area contributed by atoms with Crippen LogP contribution in [-0.4, -0.2) is 23.7 Å². The van der Waals surface area contributed by atoms with Crippen LogP contribution in [0.1, 0.15) is 12.5 Å². The van der Waals surface area contributed by atoms with E-state index in [1.54, 1.807) is 0 Å². The van der Waals surface area contributed by atoms with E-state index in [9.17, 15) is 0 Å². The van der Waals surface area contributed by atoms with Crippen LogP contribution < -0.4 is 0 Å². The molecule has 1 aromatic carbocycles. The maximum Gasteiger partial charge on any atom is 0.0233 e. The van der Waals surface area contributed by atoms with Crippen LogP contribution in [0, 0.1) is 0 Å². The third-order valence-electron chi connectivity index (χ3n) is 2.11. The van der Waals surface area contributed by atoms with Crippen molar-refractivity contribution < 1.29 is 0 Å². The summed E-state index contributed by atoms with van der Waals surface area (Å²) in [5.74, 6) is 0.931. The van der Waals surface area contributed by atoms with Crippen molar-refractivity contribution in [2.24, 2.45) is 0 Å². The highest BCUT2D eigenvalue weighted by Crippen LogP contribution is 2.03. The van der Waals surface area contributed by atoms with Gasteiger partial charge in [-0.25, -0.2) is 0 Å². The van der Waals surface area contributed by atoms with Gasteiger partial charge < -0.3 is 0 Å². The first-order valence-corrected chi connectivity index (χ1v) is 5.37. The number of hydrogen-bond acceptors (Lipinski definition) is 2. The van der Waals surface area contributed by atoms with Crippen LogP contribution in [-0.2, 0) is 6.54 Å². The molecule has 0 spiro atoms. The van der Waals surface area contributed by atoms with Gasteiger partial charge in [-0.15, -0.1) is 0 Å². The molecule has 0 aliphatic rings. The summed E-state index contributed by atoms with van der Waals surface area (Å²) in [6.45, 7) is 5.38. The van der Waals surface area contributed by atoms with Crippen LogP contribution in [0.5, 0.6) is 0 Å². The average molecular weight is 195 g/mol. The van der Waals surface area contributed by atoms with Gasteiger partial charge in [0.2, 0.25) is 0 Å². The first-order valence-electron chi connectivity index (χ1n) is 4.74. The summed E-state index contributed by atoms with van der Waals surface area (Å²) in [4.78, 5) is 2.39. The fourth-order valence-electron chi connectivity index (χ4n) is 1.33. The number of nitrogens with zero attached hydrogens (tertiary/aromatic N) is 1. The van der Waals surface area contributed by atoms with Crippen molar-refractivity contribution in [1.82, 2.24) is 4.90 Å². The summed E-state index contributed by atoms with van der Waals surface area (Å²) in [6.07, 6.45) is 0. The molecule has 0 saturated heterocycles. The fraction of sp³-hybridized carbons (Fsp3) is 0.455. The molecule has 0 radical (unpaired) electrons. The average Bonchev–Trinajstić information content (AvgIpc) is 2.19. The summed E-state index contributed by atoms with van der Waals surface area (Å²) in [5.41, 5.74) is 1.38. The molecule has 0 fully saturated rings. The van der Waals surface area contributed by atoms with Crippen molar-refractivity contribution in [2.45, 2.75) is 13.5 Å². The number of benzene rings is 1. The molecule has 13 heavy (non-hydrogen) atoms. The van der Waals surface area contributed by atoms with E-state index in [0.717, 1.165) is 25.4 Å². The van der Waals surface area contributed by atoms with Crippen molar-refractivity contribution in [3.63, 3.8) is 0 Å². The first kappa shape index (κ1) is 10.6. The zero-order valence-corrected chi connectivity index (χ0v) is 9.00. The minimum atomic E-state index is 0.931. The molecule has 0 amide bonds. The monoisotopic (exact) mass is 195 g/mol. The molecule has 0 aliphatic carbocycles. The molecule has 0 heterocycles. The van der Waals surface area contributed by atoms with E-state index in [4.69, 9.17) is 0 Å². The predicted molar refractivity (Wildman–Crippen MR) is 61.2 cm³/mol. The van der Waals surface area contributed by atoms with Crippen molar-refractivity contribution in [3.05, 3.63) is 35.9 Å². The second kappa shape index (κ2) is 6.06. The van der Waals surface area contributed by atoms with Crippen LogP contribution in [0.2, 0.25) is 0 Å². The standard InChI is InChI=1S/C11H17NS/c1-2-12(8-9-13)10-11-6-4-3-5-7-11/h3-7,13H,2,8-10H2,1H3. The summed E-state index contributed by atoms with van der Waals surface area (Å²) in [7, 11) is 0. The Hall–Kier alpha value is -0.470. The Labute approximate surface area is 86.2 Å². The predicted octanol–water partition coefficient (Wildman–Crippen LogP) is 2.44. The highest BCUT2D eigenvalue weighted by Gasteiger charge is 2.00. The number of hydrogen-bond donors (Lipinski definition) is 1. The van der Waals surface area contributed by atoms with Gasteiger partial charge >= 0.3 is 0 Å². The lowest BCUT2D eigenvalue weighted by Gasteiger charge is -2.18. The fourth-order valence-corrected chi connectivity index (χ4v) is 1.61. The highest BCUT2D eigenvalue weighted by molar-refractivity contribution is 7.80. The molecule has 72 valence electrons. The number of thiol groups is 1. The Morgan fingerprint density at radius 3 is 2.46 bits per heavy atom. The first-order chi connectivity index (χ1) is 6.36. The van der Waals surface area contributed by atoms with Gasteiger partial charge in [-0.05, 0) is 12.1 Å². The highest BCUT2D eigenvalue weighted by atomic mass is 32.1. The van der Waals surface area contributed by atoms with Crippen molar-refractivity contribution in [1.29, 1.82) is 0 Å². The molecule has 0 saturated carbocycles. The minimum Gasteiger partial charge on any atom is -0.299 e. The number of rotatable bonds is 5. The summed E-state index contributed by atoms with van der Waals surface area (Å²) in [6, 6.07) is 10.6. The Morgan fingerprint density at radius 1 is 1.23 bits per heavy atom. The van der Waals surface area contributed by atoms with E-state index in [-0.39, 0.29) is 0 Å². The summed E-state index contributed by atoms with van der Waals surface area (Å²) < 4.78 is 0. The smallest absolute Gasteiger partial charge is 0.0233 e. The summed E-state index contributed by atoms with van der Waals surface area (Å²) >= 11 is 4.24. The van der Waals surface area contributed by atoms with E-state index in [1.165, 1.54) is 5.56 Å². The van der Waals surface area contributed by atoms with Crippen LogP contribution in [0.25, 0.3) is 0 Å². The van der Waals surface area contributed by atoms with Gasteiger partial charge in [0.1, 0.15) is 0 Å². The molecule has 0 N–H and O–H groups in total. The van der Waals surface area contributed by atoms with E-state index in [2.05, 4.69) is 54.8 Å². The van der Waals surface area contributed by atoms with Gasteiger partial charge in [0.25, 0.3) is 0 Å². The lowest BCUT2D eigenvalue weighted by atomic mass is 10.2. The lowest BCUT2D eigenvalue weighted by molar-refractivity contribution is 0.298.